The van der Waals surface area contributed by atoms with Crippen molar-refractivity contribution in [2.75, 3.05) is 0 Å². The van der Waals surface area contributed by atoms with Crippen molar-refractivity contribution in [2.24, 2.45) is 0 Å². The fourth-order valence-corrected chi connectivity index (χ4v) is 0.937. The van der Waals surface area contributed by atoms with Gasteiger partial charge in [-0.05, 0) is 12.1 Å². The lowest BCUT2D eigenvalue weighted by Crippen LogP contribution is -2.43. The largest absolute Gasteiger partial charge is 0.388 e. The van der Waals surface area contributed by atoms with E-state index >= 15 is 0 Å². The molecule has 0 radical (unpaired) electrons. The van der Waals surface area contributed by atoms with Crippen LogP contribution in [0.15, 0.2) is 24.3 Å². The van der Waals surface area contributed by atoms with Gasteiger partial charge in [0.1, 0.15) is 0 Å². The number of para-hydroxylation sites is 1. The average Bonchev–Trinajstić information content (AvgIpc) is 2.06. The molecule has 1 aromatic carbocycles. The van der Waals surface area contributed by atoms with E-state index in [0.29, 0.717) is 11.3 Å². The van der Waals surface area contributed by atoms with Crippen molar-refractivity contribution in [3.63, 3.8) is 0 Å². The van der Waals surface area contributed by atoms with E-state index in [2.05, 4.69) is 11.0 Å². The van der Waals surface area contributed by atoms with Crippen LogP contribution < -0.4 is 15.9 Å². The van der Waals surface area contributed by atoms with Crippen LogP contribution in [0.1, 0.15) is 10.4 Å². The third-order valence-corrected chi connectivity index (χ3v) is 1.46. The highest BCUT2D eigenvalue weighted by molar-refractivity contribution is 5.97. The van der Waals surface area contributed by atoms with Crippen LogP contribution in [0.5, 0.6) is 5.75 Å². The van der Waals surface area contributed by atoms with Gasteiger partial charge in [0, 0.05) is 0 Å². The maximum absolute atomic E-state index is 11.0. The maximum Gasteiger partial charge on any atom is 0.271 e. The van der Waals surface area contributed by atoms with Gasteiger partial charge in [0.2, 0.25) is 0 Å². The smallest absolute Gasteiger partial charge is 0.271 e. The summed E-state index contributed by atoms with van der Waals surface area (Å²) in [5.74, 6) is 0.378. The Labute approximate surface area is 63.1 Å². The van der Waals surface area contributed by atoms with Gasteiger partial charge >= 0.3 is 0 Å². The first-order chi connectivity index (χ1) is 5.38. The molecule has 56 valence electrons. The van der Waals surface area contributed by atoms with Crippen molar-refractivity contribution in [3.8, 4) is 5.75 Å². The monoisotopic (exact) mass is 150 g/mol. The second kappa shape index (κ2) is 2.25. The molecule has 1 heterocycles. The van der Waals surface area contributed by atoms with Crippen molar-refractivity contribution in [1.29, 1.82) is 0 Å². The number of hydrazine groups is 1. The Morgan fingerprint density at radius 3 is 2.91 bits per heavy atom. The molecule has 2 rings (SSSR count). The van der Waals surface area contributed by atoms with Gasteiger partial charge in [-0.15, -0.1) is 0 Å². The lowest BCUT2D eigenvalue weighted by Gasteiger charge is -2.16. The van der Waals surface area contributed by atoms with Crippen molar-refractivity contribution in [1.82, 2.24) is 11.0 Å². The van der Waals surface area contributed by atoms with E-state index in [0.717, 1.165) is 0 Å². The van der Waals surface area contributed by atoms with Crippen LogP contribution in [0, 0.1) is 0 Å². The molecule has 0 aliphatic carbocycles. The van der Waals surface area contributed by atoms with Gasteiger partial charge in [0.25, 0.3) is 5.91 Å². The predicted octanol–water partition coefficient (Wildman–Crippen LogP) is 0.228. The molecule has 0 unspecified atom stereocenters. The summed E-state index contributed by atoms with van der Waals surface area (Å²) in [6.07, 6.45) is 0. The van der Waals surface area contributed by atoms with E-state index in [9.17, 15) is 4.79 Å². The molecule has 0 aromatic heterocycles. The second-order valence-corrected chi connectivity index (χ2v) is 2.15. The summed E-state index contributed by atoms with van der Waals surface area (Å²) in [6, 6.07) is 7.01. The maximum atomic E-state index is 11.0. The fraction of sp³-hybridized carbons (Fsp3) is 0. The van der Waals surface area contributed by atoms with Crippen LogP contribution in [0.4, 0.5) is 0 Å². The summed E-state index contributed by atoms with van der Waals surface area (Å²) >= 11 is 0. The first-order valence-electron chi connectivity index (χ1n) is 3.19. The Morgan fingerprint density at radius 1 is 1.27 bits per heavy atom. The lowest BCUT2D eigenvalue weighted by molar-refractivity contribution is 0.0711. The Kier molecular flexibility index (Phi) is 1.26. The molecule has 1 aliphatic heterocycles. The van der Waals surface area contributed by atoms with Crippen LogP contribution in [0.2, 0.25) is 0 Å². The third kappa shape index (κ3) is 0.929. The SMILES string of the molecule is O=C1NNOc2ccccc21. The highest BCUT2D eigenvalue weighted by Gasteiger charge is 2.15. The van der Waals surface area contributed by atoms with Crippen molar-refractivity contribution in [2.45, 2.75) is 0 Å². The van der Waals surface area contributed by atoms with Crippen LogP contribution in [0.3, 0.4) is 0 Å². The van der Waals surface area contributed by atoms with E-state index in [1.165, 1.54) is 0 Å². The molecule has 0 spiro atoms. The van der Waals surface area contributed by atoms with E-state index < -0.39 is 0 Å². The number of hydrogen-bond acceptors (Lipinski definition) is 3. The third-order valence-electron chi connectivity index (χ3n) is 1.46. The highest BCUT2D eigenvalue weighted by Crippen LogP contribution is 2.18. The van der Waals surface area contributed by atoms with E-state index in [-0.39, 0.29) is 5.91 Å². The van der Waals surface area contributed by atoms with Gasteiger partial charge in [-0.1, -0.05) is 17.7 Å². The van der Waals surface area contributed by atoms with Gasteiger partial charge in [0.15, 0.2) is 5.75 Å². The number of rotatable bonds is 0. The summed E-state index contributed by atoms with van der Waals surface area (Å²) in [4.78, 5) is 15.9. The second-order valence-electron chi connectivity index (χ2n) is 2.15. The van der Waals surface area contributed by atoms with E-state index in [1.807, 2.05) is 0 Å². The summed E-state index contributed by atoms with van der Waals surface area (Å²) in [5.41, 5.74) is 5.17. The highest BCUT2D eigenvalue weighted by atomic mass is 16.7. The van der Waals surface area contributed by atoms with Crippen LogP contribution in [0.25, 0.3) is 0 Å². The summed E-state index contributed by atoms with van der Waals surface area (Å²) in [7, 11) is 0. The topological polar surface area (TPSA) is 50.4 Å². The van der Waals surface area contributed by atoms with E-state index in [4.69, 9.17) is 4.84 Å². The molecule has 0 fully saturated rings. The molecule has 1 aliphatic rings. The first-order valence-corrected chi connectivity index (χ1v) is 3.19. The van der Waals surface area contributed by atoms with Crippen LogP contribution in [-0.2, 0) is 0 Å². The summed E-state index contributed by atoms with van der Waals surface area (Å²) in [5, 5.41) is 0. The number of carbonyl (C=O) groups excluding carboxylic acids is 1. The zero-order valence-corrected chi connectivity index (χ0v) is 5.63. The number of fused-ring (bicyclic) bond motifs is 1. The quantitative estimate of drug-likeness (QED) is 0.556. The molecular formula is C7H6N2O2. The van der Waals surface area contributed by atoms with Crippen molar-refractivity contribution < 1.29 is 9.63 Å². The fourth-order valence-electron chi connectivity index (χ4n) is 0.937. The minimum atomic E-state index is -0.174. The number of nitrogens with one attached hydrogen (secondary N) is 2. The Morgan fingerprint density at radius 2 is 2.09 bits per heavy atom. The zero-order valence-electron chi connectivity index (χ0n) is 5.63. The molecule has 0 saturated heterocycles. The molecule has 2 N–H and O–H groups in total. The van der Waals surface area contributed by atoms with Gasteiger partial charge in [-0.3, -0.25) is 10.2 Å². The minimum Gasteiger partial charge on any atom is -0.388 e. The molecule has 4 heteroatoms. The van der Waals surface area contributed by atoms with Crippen molar-refractivity contribution >= 4 is 5.91 Å². The standard InChI is InChI=1S/C7H6N2O2/c10-7-5-3-1-2-4-6(5)11-9-8-7/h1-4,9H,(H,8,10). The molecule has 1 aromatic rings. The number of amides is 1. The lowest BCUT2D eigenvalue weighted by atomic mass is 10.2. The molecule has 4 nitrogen and oxygen atoms in total. The zero-order chi connectivity index (χ0) is 7.68. The predicted molar refractivity (Wildman–Crippen MR) is 37.7 cm³/mol. The molecule has 0 saturated carbocycles. The molecule has 0 atom stereocenters. The van der Waals surface area contributed by atoms with Crippen molar-refractivity contribution in [3.05, 3.63) is 29.8 Å². The van der Waals surface area contributed by atoms with Crippen LogP contribution >= 0.6 is 0 Å². The summed E-state index contributed by atoms with van der Waals surface area (Å²) < 4.78 is 0. The summed E-state index contributed by atoms with van der Waals surface area (Å²) in [6.45, 7) is 0. The molecule has 1 amide bonds. The normalized spacial score (nSPS) is 14.7. The van der Waals surface area contributed by atoms with Gasteiger partial charge in [-0.25, -0.2) is 0 Å². The number of carbonyl (C=O) groups is 1. The average molecular weight is 150 g/mol. The van der Waals surface area contributed by atoms with Crippen LogP contribution in [-0.4, -0.2) is 5.91 Å². The van der Waals surface area contributed by atoms with Gasteiger partial charge in [-0.2, -0.15) is 0 Å². The van der Waals surface area contributed by atoms with E-state index in [1.54, 1.807) is 24.3 Å². The van der Waals surface area contributed by atoms with Gasteiger partial charge in [0.05, 0.1) is 5.56 Å². The molecule has 11 heavy (non-hydrogen) atoms. The first kappa shape index (κ1) is 6.18. The number of benzene rings is 1. The Hall–Kier alpha value is -1.55. The molecular weight excluding hydrogens is 144 g/mol. The molecule has 0 bridgehead atoms. The Bertz CT molecular complexity index is 298. The van der Waals surface area contributed by atoms with Gasteiger partial charge < -0.3 is 4.84 Å². The minimum absolute atomic E-state index is 0.174. The number of hydrogen-bond donors (Lipinski definition) is 2. The Balaban J connectivity index is 2.52.